The molecule has 1 rings (SSSR count). The number of nitrogens with two attached hydrogens (primary N) is 1. The maximum absolute atomic E-state index is 12.4. The van der Waals surface area contributed by atoms with Gasteiger partial charge >= 0.3 is 0 Å². The van der Waals surface area contributed by atoms with Gasteiger partial charge in [-0.2, -0.15) is 17.0 Å². The van der Waals surface area contributed by atoms with Crippen molar-refractivity contribution in [3.05, 3.63) is 0 Å². The van der Waals surface area contributed by atoms with E-state index in [0.29, 0.717) is 38.5 Å². The van der Waals surface area contributed by atoms with Crippen molar-refractivity contribution in [3.8, 4) is 0 Å². The predicted octanol–water partition coefficient (Wildman–Crippen LogP) is 1.27. The minimum atomic E-state index is -3.29. The molecule has 0 amide bonds. The molecule has 0 aliphatic carbocycles. The molecule has 0 aromatic carbocycles. The topological polar surface area (TPSA) is 66.6 Å². The number of piperidine rings is 1. The van der Waals surface area contributed by atoms with Gasteiger partial charge in [0.25, 0.3) is 10.2 Å². The molecular weight excluding hydrogens is 262 g/mol. The molecule has 5 nitrogen and oxygen atoms in total. The Balaban J connectivity index is 2.59. The lowest BCUT2D eigenvalue weighted by molar-refractivity contribution is 0.150. The first-order valence-corrected chi connectivity index (χ1v) is 8.50. The molecule has 1 heterocycles. The summed E-state index contributed by atoms with van der Waals surface area (Å²) in [7, 11) is -1.65. The van der Waals surface area contributed by atoms with Crippen LogP contribution in [0.1, 0.15) is 40.0 Å². The van der Waals surface area contributed by atoms with E-state index >= 15 is 0 Å². The average Bonchev–Trinajstić information content (AvgIpc) is 2.35. The number of nitrogens with zero attached hydrogens (tertiary/aromatic N) is 2. The van der Waals surface area contributed by atoms with Crippen LogP contribution in [-0.2, 0) is 10.2 Å². The van der Waals surface area contributed by atoms with Crippen molar-refractivity contribution in [2.45, 2.75) is 40.0 Å². The van der Waals surface area contributed by atoms with Crippen LogP contribution in [0.3, 0.4) is 0 Å². The Morgan fingerprint density at radius 2 is 1.79 bits per heavy atom. The molecule has 2 N–H and O–H groups in total. The van der Waals surface area contributed by atoms with E-state index in [4.69, 9.17) is 5.73 Å². The van der Waals surface area contributed by atoms with E-state index in [1.165, 1.54) is 4.31 Å². The van der Waals surface area contributed by atoms with Gasteiger partial charge < -0.3 is 5.73 Å². The van der Waals surface area contributed by atoms with Crippen molar-refractivity contribution in [1.82, 2.24) is 8.61 Å². The van der Waals surface area contributed by atoms with Gasteiger partial charge in [0, 0.05) is 26.7 Å². The third-order valence-electron chi connectivity index (χ3n) is 4.08. The van der Waals surface area contributed by atoms with Gasteiger partial charge in [0.1, 0.15) is 0 Å². The van der Waals surface area contributed by atoms with Crippen molar-refractivity contribution in [3.63, 3.8) is 0 Å². The molecule has 19 heavy (non-hydrogen) atoms. The van der Waals surface area contributed by atoms with Crippen molar-refractivity contribution in [2.24, 2.45) is 17.1 Å². The molecule has 0 spiro atoms. The molecule has 1 fully saturated rings. The van der Waals surface area contributed by atoms with Gasteiger partial charge in [0.2, 0.25) is 0 Å². The highest BCUT2D eigenvalue weighted by Gasteiger charge is 2.34. The van der Waals surface area contributed by atoms with Crippen molar-refractivity contribution >= 4 is 10.2 Å². The molecule has 6 heteroatoms. The lowest BCUT2D eigenvalue weighted by Crippen LogP contribution is -2.47. The maximum atomic E-state index is 12.4. The fourth-order valence-corrected chi connectivity index (χ4v) is 4.01. The zero-order valence-electron chi connectivity index (χ0n) is 12.7. The first kappa shape index (κ1) is 16.9. The Hall–Kier alpha value is -0.170. The summed E-state index contributed by atoms with van der Waals surface area (Å²) >= 11 is 0. The Bertz CT molecular complexity index is 368. The molecule has 0 saturated carbocycles. The molecule has 114 valence electrons. The molecule has 0 bridgehead atoms. The van der Waals surface area contributed by atoms with Gasteiger partial charge in [-0.15, -0.1) is 0 Å². The van der Waals surface area contributed by atoms with E-state index in [1.807, 2.05) is 0 Å². The summed E-state index contributed by atoms with van der Waals surface area (Å²) in [5.74, 6) is 0.605. The lowest BCUT2D eigenvalue weighted by Gasteiger charge is -2.39. The van der Waals surface area contributed by atoms with Crippen LogP contribution in [0, 0.1) is 11.3 Å². The third kappa shape index (κ3) is 4.41. The summed E-state index contributed by atoms with van der Waals surface area (Å²) in [6.07, 6.45) is 2.61. The largest absolute Gasteiger partial charge is 0.330 e. The Morgan fingerprint density at radius 3 is 2.21 bits per heavy atom. The summed E-state index contributed by atoms with van der Waals surface area (Å²) < 4.78 is 27.8. The van der Waals surface area contributed by atoms with Gasteiger partial charge in [0.15, 0.2) is 0 Å². The van der Waals surface area contributed by atoms with Crippen LogP contribution in [0.15, 0.2) is 0 Å². The monoisotopic (exact) mass is 291 g/mol. The van der Waals surface area contributed by atoms with Crippen LogP contribution in [0.2, 0.25) is 0 Å². The minimum absolute atomic E-state index is 0.265. The standard InChI is InChI=1S/C13H29N3O2S/c1-13(2,3)12-6-10-16(11-7-12)19(17,18)15(4)9-5-8-14/h12H,5-11,14H2,1-4H3. The summed E-state index contributed by atoms with van der Waals surface area (Å²) in [6, 6.07) is 0. The molecule has 0 aromatic rings. The molecule has 0 atom stereocenters. The second kappa shape index (κ2) is 6.52. The van der Waals surface area contributed by atoms with Crippen LogP contribution in [0.5, 0.6) is 0 Å². The summed E-state index contributed by atoms with van der Waals surface area (Å²) in [5.41, 5.74) is 5.69. The fraction of sp³-hybridized carbons (Fsp3) is 1.00. The molecule has 0 aromatic heterocycles. The van der Waals surface area contributed by atoms with E-state index < -0.39 is 10.2 Å². The van der Waals surface area contributed by atoms with Crippen LogP contribution in [0.25, 0.3) is 0 Å². The summed E-state index contributed by atoms with van der Waals surface area (Å²) in [4.78, 5) is 0. The first-order chi connectivity index (χ1) is 8.69. The number of hydrogen-bond donors (Lipinski definition) is 1. The molecule has 1 aliphatic rings. The summed E-state index contributed by atoms with van der Waals surface area (Å²) in [5, 5.41) is 0. The zero-order chi connectivity index (χ0) is 14.7. The van der Waals surface area contributed by atoms with Gasteiger partial charge in [0.05, 0.1) is 0 Å². The van der Waals surface area contributed by atoms with Crippen LogP contribution < -0.4 is 5.73 Å². The van der Waals surface area contributed by atoms with Crippen LogP contribution in [-0.4, -0.2) is 50.3 Å². The van der Waals surface area contributed by atoms with E-state index in [2.05, 4.69) is 20.8 Å². The highest BCUT2D eigenvalue weighted by Crippen LogP contribution is 2.35. The van der Waals surface area contributed by atoms with E-state index in [-0.39, 0.29) is 5.41 Å². The Morgan fingerprint density at radius 1 is 1.26 bits per heavy atom. The minimum Gasteiger partial charge on any atom is -0.330 e. The van der Waals surface area contributed by atoms with E-state index in [0.717, 1.165) is 12.8 Å². The predicted molar refractivity (Wildman–Crippen MR) is 79.0 cm³/mol. The van der Waals surface area contributed by atoms with Gasteiger partial charge in [-0.3, -0.25) is 0 Å². The van der Waals surface area contributed by atoms with Gasteiger partial charge in [-0.25, -0.2) is 0 Å². The summed E-state index contributed by atoms with van der Waals surface area (Å²) in [6.45, 7) is 8.98. The second-order valence-electron chi connectivity index (χ2n) is 6.51. The number of hydrogen-bond acceptors (Lipinski definition) is 3. The van der Waals surface area contributed by atoms with Crippen LogP contribution in [0.4, 0.5) is 0 Å². The molecule has 1 aliphatic heterocycles. The number of rotatable bonds is 5. The highest BCUT2D eigenvalue weighted by atomic mass is 32.2. The van der Waals surface area contributed by atoms with Crippen LogP contribution >= 0.6 is 0 Å². The fourth-order valence-electron chi connectivity index (χ4n) is 2.58. The van der Waals surface area contributed by atoms with Gasteiger partial charge in [-0.05, 0) is 37.1 Å². The zero-order valence-corrected chi connectivity index (χ0v) is 13.5. The third-order valence-corrected chi connectivity index (χ3v) is 6.06. The maximum Gasteiger partial charge on any atom is 0.281 e. The molecule has 1 saturated heterocycles. The average molecular weight is 291 g/mol. The smallest absolute Gasteiger partial charge is 0.281 e. The first-order valence-electron chi connectivity index (χ1n) is 7.11. The quantitative estimate of drug-likeness (QED) is 0.829. The Kier molecular flexibility index (Phi) is 5.79. The van der Waals surface area contributed by atoms with Crippen molar-refractivity contribution < 1.29 is 8.42 Å². The molecule has 0 unspecified atom stereocenters. The lowest BCUT2D eigenvalue weighted by atomic mass is 9.76. The molecule has 0 radical (unpaired) electrons. The highest BCUT2D eigenvalue weighted by molar-refractivity contribution is 7.86. The van der Waals surface area contributed by atoms with Crippen molar-refractivity contribution in [2.75, 3.05) is 33.2 Å². The van der Waals surface area contributed by atoms with E-state index in [1.54, 1.807) is 11.4 Å². The Labute approximate surface area is 118 Å². The normalized spacial score (nSPS) is 20.1. The van der Waals surface area contributed by atoms with E-state index in [9.17, 15) is 8.42 Å². The molecular formula is C13H29N3O2S. The van der Waals surface area contributed by atoms with Gasteiger partial charge in [-0.1, -0.05) is 20.8 Å². The SMILES string of the molecule is CN(CCCN)S(=O)(=O)N1CCC(C(C)(C)C)CC1. The van der Waals surface area contributed by atoms with Crippen molar-refractivity contribution in [1.29, 1.82) is 0 Å². The second-order valence-corrected chi connectivity index (χ2v) is 8.55.